The summed E-state index contributed by atoms with van der Waals surface area (Å²) in [6.45, 7) is 4.20. The first-order chi connectivity index (χ1) is 12.9. The summed E-state index contributed by atoms with van der Waals surface area (Å²) in [5.41, 5.74) is 3.88. The van der Waals surface area contributed by atoms with Gasteiger partial charge in [0, 0.05) is 0 Å². The van der Waals surface area contributed by atoms with Crippen molar-refractivity contribution in [3.8, 4) is 18.2 Å². The minimum atomic E-state index is -0.803. The van der Waals surface area contributed by atoms with E-state index in [0.717, 1.165) is 0 Å². The van der Waals surface area contributed by atoms with E-state index in [2.05, 4.69) is 16.2 Å². The van der Waals surface area contributed by atoms with Crippen molar-refractivity contribution in [3.63, 3.8) is 0 Å². The van der Waals surface area contributed by atoms with E-state index >= 15 is 0 Å². The van der Waals surface area contributed by atoms with Gasteiger partial charge in [-0.25, -0.2) is 10.2 Å². The van der Waals surface area contributed by atoms with Crippen LogP contribution in [0.1, 0.15) is 30.6 Å². The van der Waals surface area contributed by atoms with Crippen LogP contribution in [0.5, 0.6) is 0 Å². The van der Waals surface area contributed by atoms with Crippen LogP contribution in [0.25, 0.3) is 0 Å². The summed E-state index contributed by atoms with van der Waals surface area (Å²) >= 11 is 0. The molecule has 0 radical (unpaired) electrons. The number of nitrogens with one attached hydrogen (secondary N) is 3. The second-order valence-corrected chi connectivity index (χ2v) is 5.65. The zero-order valence-corrected chi connectivity index (χ0v) is 14.9. The number of hydrogen-bond donors (Lipinski definition) is 3. The highest BCUT2D eigenvalue weighted by molar-refractivity contribution is 6.00. The summed E-state index contributed by atoms with van der Waals surface area (Å²) in [5, 5.41) is 29.4. The van der Waals surface area contributed by atoms with Gasteiger partial charge in [-0.2, -0.15) is 15.8 Å². The fourth-order valence-corrected chi connectivity index (χ4v) is 1.81. The summed E-state index contributed by atoms with van der Waals surface area (Å²) in [4.78, 5) is 23.8. The molecule has 27 heavy (non-hydrogen) atoms. The molecule has 0 spiro atoms. The molecule has 0 unspecified atom stereocenters. The first-order valence-electron chi connectivity index (χ1n) is 7.96. The van der Waals surface area contributed by atoms with Crippen LogP contribution in [0.15, 0.2) is 35.5 Å². The molecule has 1 rings (SSSR count). The number of allylic oxidation sites excluding steroid dienone is 2. The SMILES string of the molecule is CC(C)CCOC(=O)NNC(=O)c1ccccc1NC(C#N)=C(C#N)C#N. The molecule has 2 amide bonds. The van der Waals surface area contributed by atoms with Crippen molar-refractivity contribution in [2.45, 2.75) is 20.3 Å². The van der Waals surface area contributed by atoms with Crippen LogP contribution < -0.4 is 16.2 Å². The Hall–Kier alpha value is -4.03. The lowest BCUT2D eigenvalue weighted by Crippen LogP contribution is -2.42. The summed E-state index contributed by atoms with van der Waals surface area (Å²) < 4.78 is 4.91. The average molecular weight is 366 g/mol. The number of benzene rings is 1. The van der Waals surface area contributed by atoms with E-state index < -0.39 is 17.6 Å². The highest BCUT2D eigenvalue weighted by Gasteiger charge is 2.15. The number of hydrogen-bond acceptors (Lipinski definition) is 7. The Labute approximate surface area is 156 Å². The van der Waals surface area contributed by atoms with Crippen LogP contribution >= 0.6 is 0 Å². The lowest BCUT2D eigenvalue weighted by atomic mass is 10.1. The molecule has 0 aliphatic heterocycles. The monoisotopic (exact) mass is 366 g/mol. The highest BCUT2D eigenvalue weighted by Crippen LogP contribution is 2.18. The molecule has 0 saturated carbocycles. The van der Waals surface area contributed by atoms with Gasteiger partial charge in [0.25, 0.3) is 5.91 Å². The molecule has 0 aliphatic carbocycles. The van der Waals surface area contributed by atoms with Gasteiger partial charge in [0.15, 0.2) is 5.57 Å². The van der Waals surface area contributed by atoms with E-state index in [4.69, 9.17) is 20.5 Å². The second kappa shape index (κ2) is 10.8. The van der Waals surface area contributed by atoms with Gasteiger partial charge < -0.3 is 10.1 Å². The number of nitrogens with zero attached hydrogens (tertiary/aromatic N) is 3. The molecule has 0 heterocycles. The third-order valence-corrected chi connectivity index (χ3v) is 3.22. The Kier molecular flexibility index (Phi) is 8.37. The molecule has 3 N–H and O–H groups in total. The Bertz CT molecular complexity index is 839. The van der Waals surface area contributed by atoms with Gasteiger partial charge in [-0.1, -0.05) is 26.0 Å². The average Bonchev–Trinajstić information content (AvgIpc) is 2.66. The van der Waals surface area contributed by atoms with Crippen molar-refractivity contribution < 1.29 is 14.3 Å². The van der Waals surface area contributed by atoms with E-state index in [1.807, 2.05) is 13.8 Å². The van der Waals surface area contributed by atoms with Crippen LogP contribution in [-0.2, 0) is 4.74 Å². The lowest BCUT2D eigenvalue weighted by Gasteiger charge is -2.12. The summed E-state index contributed by atoms with van der Waals surface area (Å²) in [6, 6.07) is 11.0. The molecule has 0 aliphatic rings. The standard InChI is InChI=1S/C18H18N6O3/c1-12(2)7-8-27-18(26)24-23-17(25)14-5-3-4-6-15(14)22-16(11-21)13(9-19)10-20/h3-6,12,22H,7-8H2,1-2H3,(H,23,25)(H,24,26). The molecule has 0 saturated heterocycles. The molecular formula is C18H18N6O3. The molecule has 0 bridgehead atoms. The molecule has 9 heteroatoms. The number of amides is 2. The number of para-hydroxylation sites is 1. The molecule has 1 aromatic carbocycles. The van der Waals surface area contributed by atoms with Gasteiger partial charge in [-0.3, -0.25) is 10.2 Å². The minimum absolute atomic E-state index is 0.0861. The smallest absolute Gasteiger partial charge is 0.426 e. The zero-order valence-electron chi connectivity index (χ0n) is 14.9. The fourth-order valence-electron chi connectivity index (χ4n) is 1.81. The molecule has 9 nitrogen and oxygen atoms in total. The normalized spacial score (nSPS) is 9.19. The predicted octanol–water partition coefficient (Wildman–Crippen LogP) is 2.34. The zero-order chi connectivity index (χ0) is 20.2. The van der Waals surface area contributed by atoms with Crippen molar-refractivity contribution in [2.24, 2.45) is 5.92 Å². The number of anilines is 1. The maximum atomic E-state index is 12.3. The highest BCUT2D eigenvalue weighted by atomic mass is 16.6. The van der Waals surface area contributed by atoms with Crippen molar-refractivity contribution in [1.82, 2.24) is 10.9 Å². The maximum absolute atomic E-state index is 12.3. The van der Waals surface area contributed by atoms with Crippen LogP contribution in [0.2, 0.25) is 0 Å². The van der Waals surface area contributed by atoms with Crippen LogP contribution in [-0.4, -0.2) is 18.6 Å². The number of rotatable bonds is 6. The molecular weight excluding hydrogens is 348 g/mol. The van der Waals surface area contributed by atoms with E-state index in [1.54, 1.807) is 30.3 Å². The first-order valence-corrected chi connectivity index (χ1v) is 7.96. The molecule has 138 valence electrons. The van der Waals surface area contributed by atoms with Gasteiger partial charge in [0.2, 0.25) is 0 Å². The van der Waals surface area contributed by atoms with E-state index in [0.29, 0.717) is 12.3 Å². The Balaban J connectivity index is 2.82. The Morgan fingerprint density at radius 3 is 2.33 bits per heavy atom. The second-order valence-electron chi connectivity index (χ2n) is 5.65. The number of ether oxygens (including phenoxy) is 1. The third kappa shape index (κ3) is 6.77. The van der Waals surface area contributed by atoms with Crippen molar-refractivity contribution in [3.05, 3.63) is 41.1 Å². The Morgan fingerprint density at radius 2 is 1.74 bits per heavy atom. The van der Waals surface area contributed by atoms with Crippen LogP contribution in [0.3, 0.4) is 0 Å². The van der Waals surface area contributed by atoms with Crippen LogP contribution in [0, 0.1) is 39.9 Å². The van der Waals surface area contributed by atoms with E-state index in [1.165, 1.54) is 12.1 Å². The molecule has 0 fully saturated rings. The summed E-state index contributed by atoms with van der Waals surface area (Å²) in [6.07, 6.45) is -0.111. The first kappa shape index (κ1) is 21.0. The fraction of sp³-hybridized carbons (Fsp3) is 0.278. The van der Waals surface area contributed by atoms with Gasteiger partial charge in [-0.15, -0.1) is 0 Å². The third-order valence-electron chi connectivity index (χ3n) is 3.22. The number of hydrazine groups is 1. The van der Waals surface area contributed by atoms with Crippen molar-refractivity contribution in [1.29, 1.82) is 15.8 Å². The largest absolute Gasteiger partial charge is 0.448 e. The van der Waals surface area contributed by atoms with Gasteiger partial charge >= 0.3 is 6.09 Å². The van der Waals surface area contributed by atoms with Crippen molar-refractivity contribution >= 4 is 17.7 Å². The number of carbonyl (C=O) groups is 2. The Morgan fingerprint density at radius 1 is 1.07 bits per heavy atom. The summed E-state index contributed by atoms with van der Waals surface area (Å²) in [5.74, 6) is -0.300. The van der Waals surface area contributed by atoms with Gasteiger partial charge in [-0.05, 0) is 24.5 Å². The van der Waals surface area contributed by atoms with Crippen molar-refractivity contribution in [2.75, 3.05) is 11.9 Å². The predicted molar refractivity (Wildman–Crippen MR) is 95.3 cm³/mol. The van der Waals surface area contributed by atoms with E-state index in [-0.39, 0.29) is 23.6 Å². The van der Waals surface area contributed by atoms with Gasteiger partial charge in [0.05, 0.1) is 17.9 Å². The number of carbonyl (C=O) groups excluding carboxylic acids is 2. The van der Waals surface area contributed by atoms with Crippen LogP contribution in [0.4, 0.5) is 10.5 Å². The minimum Gasteiger partial charge on any atom is -0.448 e. The van der Waals surface area contributed by atoms with Gasteiger partial charge in [0.1, 0.15) is 23.9 Å². The number of nitriles is 3. The molecule has 0 aromatic heterocycles. The topological polar surface area (TPSA) is 151 Å². The lowest BCUT2D eigenvalue weighted by molar-refractivity contribution is 0.0907. The molecule has 1 aromatic rings. The maximum Gasteiger partial charge on any atom is 0.426 e. The van der Waals surface area contributed by atoms with E-state index in [9.17, 15) is 9.59 Å². The quantitative estimate of drug-likeness (QED) is 0.516. The summed E-state index contributed by atoms with van der Waals surface area (Å²) in [7, 11) is 0. The molecule has 0 atom stereocenters.